The third kappa shape index (κ3) is 3.04. The van der Waals surface area contributed by atoms with Crippen LogP contribution in [0.25, 0.3) is 0 Å². The van der Waals surface area contributed by atoms with E-state index in [2.05, 4.69) is 5.32 Å². The van der Waals surface area contributed by atoms with Crippen LogP contribution in [0.1, 0.15) is 5.56 Å². The molecule has 0 radical (unpaired) electrons. The first-order valence-electron chi connectivity index (χ1n) is 5.15. The molecule has 0 saturated carbocycles. The van der Waals surface area contributed by atoms with Crippen molar-refractivity contribution < 1.29 is 10.2 Å². The van der Waals surface area contributed by atoms with E-state index in [-0.39, 0.29) is 11.5 Å². The number of hydrogen-bond acceptors (Lipinski definition) is 3. The van der Waals surface area contributed by atoms with Crippen LogP contribution in [0.5, 0.6) is 11.5 Å². The summed E-state index contributed by atoms with van der Waals surface area (Å²) in [5.41, 5.74) is 1.78. The lowest BCUT2D eigenvalue weighted by Crippen LogP contribution is -1.98. The van der Waals surface area contributed by atoms with Gasteiger partial charge < -0.3 is 15.5 Å². The second-order valence-electron chi connectivity index (χ2n) is 3.69. The number of aromatic hydroxyl groups is 2. The average Bonchev–Trinajstić information content (AvgIpc) is 2.31. The van der Waals surface area contributed by atoms with Crippen molar-refractivity contribution in [3.63, 3.8) is 0 Å². The largest absolute Gasteiger partial charge is 0.504 e. The van der Waals surface area contributed by atoms with Crippen LogP contribution in [0.2, 0.25) is 5.02 Å². The van der Waals surface area contributed by atoms with Crippen LogP contribution in [0, 0.1) is 0 Å². The fourth-order valence-electron chi connectivity index (χ4n) is 1.48. The SMILES string of the molecule is Oc1ccc(CNc2cccc(Cl)c2)cc1O. The molecule has 0 saturated heterocycles. The standard InChI is InChI=1S/C13H12ClNO2/c14-10-2-1-3-11(7-10)15-8-9-4-5-12(16)13(17)6-9/h1-7,15-17H,8H2. The molecule has 0 aliphatic rings. The summed E-state index contributed by atoms with van der Waals surface area (Å²) in [4.78, 5) is 0. The Hall–Kier alpha value is -1.87. The summed E-state index contributed by atoms with van der Waals surface area (Å²) < 4.78 is 0. The molecule has 0 aromatic heterocycles. The van der Waals surface area contributed by atoms with E-state index in [1.807, 2.05) is 18.2 Å². The molecule has 2 aromatic rings. The molecule has 3 N–H and O–H groups in total. The number of halogens is 1. The molecule has 88 valence electrons. The minimum absolute atomic E-state index is 0.114. The van der Waals surface area contributed by atoms with E-state index in [9.17, 15) is 10.2 Å². The lowest BCUT2D eigenvalue weighted by atomic mass is 10.2. The van der Waals surface area contributed by atoms with E-state index in [1.54, 1.807) is 12.1 Å². The van der Waals surface area contributed by atoms with Crippen molar-refractivity contribution in [3.05, 3.63) is 53.1 Å². The highest BCUT2D eigenvalue weighted by atomic mass is 35.5. The maximum Gasteiger partial charge on any atom is 0.157 e. The summed E-state index contributed by atoms with van der Waals surface area (Å²) >= 11 is 5.86. The highest BCUT2D eigenvalue weighted by molar-refractivity contribution is 6.30. The van der Waals surface area contributed by atoms with Gasteiger partial charge in [0.2, 0.25) is 0 Å². The summed E-state index contributed by atoms with van der Waals surface area (Å²) in [6, 6.07) is 12.1. The van der Waals surface area contributed by atoms with Crippen molar-refractivity contribution in [1.29, 1.82) is 0 Å². The highest BCUT2D eigenvalue weighted by Gasteiger charge is 2.00. The Morgan fingerprint density at radius 2 is 1.82 bits per heavy atom. The van der Waals surface area contributed by atoms with Crippen molar-refractivity contribution in [2.75, 3.05) is 5.32 Å². The molecule has 0 fully saturated rings. The molecule has 0 heterocycles. The molecule has 0 spiro atoms. The van der Waals surface area contributed by atoms with Gasteiger partial charge in [-0.05, 0) is 35.9 Å². The number of nitrogens with one attached hydrogen (secondary N) is 1. The molecule has 0 atom stereocenters. The van der Waals surface area contributed by atoms with E-state index in [0.717, 1.165) is 11.3 Å². The number of phenolic OH excluding ortho intramolecular Hbond substituents is 2. The van der Waals surface area contributed by atoms with Crippen LogP contribution in [-0.4, -0.2) is 10.2 Å². The molecular weight excluding hydrogens is 238 g/mol. The molecule has 2 aromatic carbocycles. The van der Waals surface area contributed by atoms with E-state index in [0.29, 0.717) is 11.6 Å². The topological polar surface area (TPSA) is 52.5 Å². The lowest BCUT2D eigenvalue weighted by molar-refractivity contribution is 0.403. The van der Waals surface area contributed by atoms with Crippen LogP contribution < -0.4 is 5.32 Å². The van der Waals surface area contributed by atoms with E-state index in [4.69, 9.17) is 11.6 Å². The summed E-state index contributed by atoms with van der Waals surface area (Å²) in [7, 11) is 0. The molecule has 2 rings (SSSR count). The van der Waals surface area contributed by atoms with Gasteiger partial charge in [-0.2, -0.15) is 0 Å². The van der Waals surface area contributed by atoms with Gasteiger partial charge in [0.05, 0.1) is 0 Å². The van der Waals surface area contributed by atoms with Crippen LogP contribution in [0.4, 0.5) is 5.69 Å². The molecule has 3 nitrogen and oxygen atoms in total. The number of rotatable bonds is 3. The molecule has 0 aliphatic heterocycles. The summed E-state index contributed by atoms with van der Waals surface area (Å²) in [6.07, 6.45) is 0. The van der Waals surface area contributed by atoms with Crippen molar-refractivity contribution in [2.24, 2.45) is 0 Å². The first kappa shape index (κ1) is 11.6. The molecule has 0 amide bonds. The van der Waals surface area contributed by atoms with Gasteiger partial charge in [-0.3, -0.25) is 0 Å². The Morgan fingerprint density at radius 1 is 1.00 bits per heavy atom. The van der Waals surface area contributed by atoms with Gasteiger partial charge in [0.25, 0.3) is 0 Å². The van der Waals surface area contributed by atoms with Gasteiger partial charge in [-0.1, -0.05) is 23.7 Å². The highest BCUT2D eigenvalue weighted by Crippen LogP contribution is 2.25. The van der Waals surface area contributed by atoms with Gasteiger partial charge in [0.15, 0.2) is 11.5 Å². The monoisotopic (exact) mass is 249 g/mol. The Morgan fingerprint density at radius 3 is 2.53 bits per heavy atom. The van der Waals surface area contributed by atoms with Gasteiger partial charge in [-0.25, -0.2) is 0 Å². The van der Waals surface area contributed by atoms with Crippen molar-refractivity contribution in [2.45, 2.75) is 6.54 Å². The summed E-state index contributed by atoms with van der Waals surface area (Å²) in [5.74, 6) is -0.230. The summed E-state index contributed by atoms with van der Waals surface area (Å²) in [6.45, 7) is 0.550. The number of benzene rings is 2. The molecule has 0 bridgehead atoms. The van der Waals surface area contributed by atoms with Gasteiger partial charge in [-0.15, -0.1) is 0 Å². The Bertz CT molecular complexity index is 529. The zero-order chi connectivity index (χ0) is 12.3. The third-order valence-corrected chi connectivity index (χ3v) is 2.60. The quantitative estimate of drug-likeness (QED) is 0.731. The first-order chi connectivity index (χ1) is 8.15. The molecule has 17 heavy (non-hydrogen) atoms. The lowest BCUT2D eigenvalue weighted by Gasteiger charge is -2.07. The van der Waals surface area contributed by atoms with Crippen molar-refractivity contribution >= 4 is 17.3 Å². The minimum atomic E-state index is -0.115. The van der Waals surface area contributed by atoms with Crippen LogP contribution in [0.3, 0.4) is 0 Å². The van der Waals surface area contributed by atoms with Crippen LogP contribution >= 0.6 is 11.6 Å². The van der Waals surface area contributed by atoms with Gasteiger partial charge in [0, 0.05) is 17.3 Å². The van der Waals surface area contributed by atoms with Gasteiger partial charge >= 0.3 is 0 Å². The molecule has 4 heteroatoms. The second-order valence-corrected chi connectivity index (χ2v) is 4.12. The third-order valence-electron chi connectivity index (χ3n) is 2.36. The van der Waals surface area contributed by atoms with Crippen molar-refractivity contribution in [3.8, 4) is 11.5 Å². The second kappa shape index (κ2) is 4.97. The van der Waals surface area contributed by atoms with E-state index < -0.39 is 0 Å². The molecule has 0 unspecified atom stereocenters. The predicted molar refractivity (Wildman–Crippen MR) is 68.6 cm³/mol. The Balaban J connectivity index is 2.05. The van der Waals surface area contributed by atoms with E-state index in [1.165, 1.54) is 12.1 Å². The number of hydrogen-bond donors (Lipinski definition) is 3. The molecular formula is C13H12ClNO2. The number of phenols is 2. The predicted octanol–water partition coefficient (Wildman–Crippen LogP) is 3.36. The minimum Gasteiger partial charge on any atom is -0.504 e. The van der Waals surface area contributed by atoms with E-state index >= 15 is 0 Å². The number of anilines is 1. The Labute approximate surface area is 104 Å². The van der Waals surface area contributed by atoms with Gasteiger partial charge in [0.1, 0.15) is 0 Å². The normalized spacial score (nSPS) is 10.2. The smallest absolute Gasteiger partial charge is 0.157 e. The Kier molecular flexibility index (Phi) is 3.40. The maximum atomic E-state index is 9.34. The zero-order valence-corrected chi connectivity index (χ0v) is 9.78. The van der Waals surface area contributed by atoms with Crippen LogP contribution in [0.15, 0.2) is 42.5 Å². The molecule has 0 aliphatic carbocycles. The maximum absolute atomic E-state index is 9.34. The zero-order valence-electron chi connectivity index (χ0n) is 9.02. The fraction of sp³-hybridized carbons (Fsp3) is 0.0769. The average molecular weight is 250 g/mol. The fourth-order valence-corrected chi connectivity index (χ4v) is 1.67. The van der Waals surface area contributed by atoms with Crippen LogP contribution in [-0.2, 0) is 6.54 Å². The summed E-state index contributed by atoms with van der Waals surface area (Å²) in [5, 5.41) is 22.4. The first-order valence-corrected chi connectivity index (χ1v) is 5.53. The van der Waals surface area contributed by atoms with Crippen molar-refractivity contribution in [1.82, 2.24) is 0 Å².